The van der Waals surface area contributed by atoms with E-state index in [9.17, 15) is 22.8 Å². The van der Waals surface area contributed by atoms with Crippen LogP contribution in [0.5, 0.6) is 0 Å². The molecule has 0 radical (unpaired) electrons. The molecule has 9 heteroatoms. The molecule has 0 saturated heterocycles. The molecule has 150 valence electrons. The van der Waals surface area contributed by atoms with Gasteiger partial charge in [-0.15, -0.1) is 0 Å². The zero-order chi connectivity index (χ0) is 20.6. The standard InChI is InChI=1S/C19H19F3N2O4/c20-19(21,22)12-28-11-15-3-1-2-14(8-15)10-24-18(27)23-9-13-4-6-16(7-5-13)17(25)26/h1-8H,9-12H2,(H,25,26)(H2,23,24,27). The number of benzene rings is 2. The van der Waals surface area contributed by atoms with Crippen LogP contribution in [0.2, 0.25) is 0 Å². The number of carbonyl (C=O) groups excluding carboxylic acids is 1. The highest BCUT2D eigenvalue weighted by atomic mass is 19.4. The Morgan fingerprint density at radius 1 is 0.929 bits per heavy atom. The van der Waals surface area contributed by atoms with Crippen LogP contribution >= 0.6 is 0 Å². The maximum atomic E-state index is 12.1. The molecule has 2 aromatic carbocycles. The average Bonchev–Trinajstić information content (AvgIpc) is 2.64. The maximum Gasteiger partial charge on any atom is 0.411 e. The van der Waals surface area contributed by atoms with Crippen LogP contribution in [0.4, 0.5) is 18.0 Å². The van der Waals surface area contributed by atoms with E-state index in [1.54, 1.807) is 36.4 Å². The van der Waals surface area contributed by atoms with Crippen LogP contribution in [0.25, 0.3) is 0 Å². The number of aromatic carboxylic acids is 1. The van der Waals surface area contributed by atoms with Gasteiger partial charge in [-0.1, -0.05) is 36.4 Å². The van der Waals surface area contributed by atoms with Crippen molar-refractivity contribution in [3.05, 3.63) is 70.8 Å². The number of hydrogen-bond acceptors (Lipinski definition) is 3. The van der Waals surface area contributed by atoms with Gasteiger partial charge in [0.2, 0.25) is 0 Å². The van der Waals surface area contributed by atoms with Gasteiger partial charge in [-0.05, 0) is 28.8 Å². The molecular weight excluding hydrogens is 377 g/mol. The van der Waals surface area contributed by atoms with Gasteiger partial charge in [0.1, 0.15) is 6.61 Å². The fourth-order valence-corrected chi connectivity index (χ4v) is 2.31. The molecule has 2 rings (SSSR count). The highest BCUT2D eigenvalue weighted by Crippen LogP contribution is 2.16. The lowest BCUT2D eigenvalue weighted by atomic mass is 10.1. The quantitative estimate of drug-likeness (QED) is 0.638. The van der Waals surface area contributed by atoms with Gasteiger partial charge in [-0.3, -0.25) is 0 Å². The summed E-state index contributed by atoms with van der Waals surface area (Å²) in [6, 6.07) is 12.4. The lowest BCUT2D eigenvalue weighted by Gasteiger charge is -2.10. The predicted octanol–water partition coefficient (Wildman–Crippen LogP) is 3.46. The summed E-state index contributed by atoms with van der Waals surface area (Å²) < 4.78 is 40.9. The van der Waals surface area contributed by atoms with E-state index >= 15 is 0 Å². The third-order valence-electron chi connectivity index (χ3n) is 3.63. The Morgan fingerprint density at radius 2 is 1.54 bits per heavy atom. The molecule has 0 aliphatic heterocycles. The summed E-state index contributed by atoms with van der Waals surface area (Å²) in [4.78, 5) is 22.7. The minimum absolute atomic E-state index is 0.160. The molecule has 6 nitrogen and oxygen atoms in total. The Kier molecular flexibility index (Phi) is 7.39. The van der Waals surface area contributed by atoms with Crippen LogP contribution in [-0.4, -0.2) is 29.9 Å². The monoisotopic (exact) mass is 396 g/mol. The molecule has 0 saturated carbocycles. The molecule has 0 fully saturated rings. The van der Waals surface area contributed by atoms with E-state index in [1.165, 1.54) is 12.1 Å². The van der Waals surface area contributed by atoms with Gasteiger partial charge in [-0.2, -0.15) is 13.2 Å². The summed E-state index contributed by atoms with van der Waals surface area (Å²) in [5.41, 5.74) is 2.19. The summed E-state index contributed by atoms with van der Waals surface area (Å²) in [7, 11) is 0. The van der Waals surface area contributed by atoms with Crippen molar-refractivity contribution in [2.24, 2.45) is 0 Å². The first-order valence-corrected chi connectivity index (χ1v) is 8.29. The Bertz CT molecular complexity index is 808. The van der Waals surface area contributed by atoms with Gasteiger partial charge in [0.25, 0.3) is 0 Å². The van der Waals surface area contributed by atoms with Crippen molar-refractivity contribution in [1.82, 2.24) is 10.6 Å². The predicted molar refractivity (Wildman–Crippen MR) is 94.6 cm³/mol. The summed E-state index contributed by atoms with van der Waals surface area (Å²) in [6.45, 7) is -1.08. The zero-order valence-electron chi connectivity index (χ0n) is 14.8. The van der Waals surface area contributed by atoms with Gasteiger partial charge in [-0.25, -0.2) is 9.59 Å². The molecule has 0 aromatic heterocycles. The second-order valence-electron chi connectivity index (χ2n) is 5.97. The Hall–Kier alpha value is -3.07. The van der Waals surface area contributed by atoms with Crippen LogP contribution in [0.1, 0.15) is 27.0 Å². The first-order valence-electron chi connectivity index (χ1n) is 8.29. The van der Waals surface area contributed by atoms with Crippen molar-refractivity contribution in [2.45, 2.75) is 25.9 Å². The third kappa shape index (κ3) is 7.67. The van der Waals surface area contributed by atoms with Crippen molar-refractivity contribution in [3.63, 3.8) is 0 Å². The summed E-state index contributed by atoms with van der Waals surface area (Å²) in [6.07, 6.45) is -4.37. The Morgan fingerprint density at radius 3 is 2.14 bits per heavy atom. The fraction of sp³-hybridized carbons (Fsp3) is 0.263. The molecule has 28 heavy (non-hydrogen) atoms. The number of alkyl halides is 3. The van der Waals surface area contributed by atoms with Crippen LogP contribution in [0.3, 0.4) is 0 Å². The van der Waals surface area contributed by atoms with Crippen molar-refractivity contribution < 1.29 is 32.6 Å². The third-order valence-corrected chi connectivity index (χ3v) is 3.63. The maximum absolute atomic E-state index is 12.1. The number of carboxylic acid groups (broad SMARTS) is 1. The molecule has 0 spiro atoms. The minimum Gasteiger partial charge on any atom is -0.478 e. The number of carboxylic acids is 1. The van der Waals surface area contributed by atoms with Gasteiger partial charge >= 0.3 is 18.2 Å². The number of halogens is 3. The Balaban J connectivity index is 1.76. The number of rotatable bonds is 8. The second kappa shape index (κ2) is 9.75. The zero-order valence-corrected chi connectivity index (χ0v) is 14.8. The number of amides is 2. The van der Waals surface area contributed by atoms with Crippen molar-refractivity contribution >= 4 is 12.0 Å². The van der Waals surface area contributed by atoms with Gasteiger partial charge in [0.15, 0.2) is 0 Å². The molecular formula is C19H19F3N2O4. The van der Waals surface area contributed by atoms with E-state index in [0.717, 1.165) is 5.56 Å². The normalized spacial score (nSPS) is 11.1. The first kappa shape index (κ1) is 21.2. The smallest absolute Gasteiger partial charge is 0.411 e. The number of hydrogen-bond donors (Lipinski definition) is 3. The molecule has 0 aliphatic carbocycles. The topological polar surface area (TPSA) is 87.7 Å². The SMILES string of the molecule is O=C(NCc1ccc(C(=O)O)cc1)NCc1cccc(COCC(F)(F)F)c1. The summed E-state index contributed by atoms with van der Waals surface area (Å²) >= 11 is 0. The van der Waals surface area contributed by atoms with E-state index in [2.05, 4.69) is 15.4 Å². The van der Waals surface area contributed by atoms with Crippen molar-refractivity contribution in [2.75, 3.05) is 6.61 Å². The molecule has 0 heterocycles. The number of nitrogens with one attached hydrogen (secondary N) is 2. The van der Waals surface area contributed by atoms with E-state index in [0.29, 0.717) is 11.1 Å². The Labute approximate surface area is 159 Å². The van der Waals surface area contributed by atoms with Gasteiger partial charge in [0.05, 0.1) is 12.2 Å². The molecule has 0 bridgehead atoms. The first-order chi connectivity index (χ1) is 13.2. The van der Waals surface area contributed by atoms with E-state index in [1.807, 2.05) is 0 Å². The highest BCUT2D eigenvalue weighted by molar-refractivity contribution is 5.87. The summed E-state index contributed by atoms with van der Waals surface area (Å²) in [5.74, 6) is -1.02. The second-order valence-corrected chi connectivity index (χ2v) is 5.97. The number of ether oxygens (including phenoxy) is 1. The van der Waals surface area contributed by atoms with Crippen LogP contribution < -0.4 is 10.6 Å². The largest absolute Gasteiger partial charge is 0.478 e. The lowest BCUT2D eigenvalue weighted by Crippen LogP contribution is -2.34. The van der Waals surface area contributed by atoms with Gasteiger partial charge in [0, 0.05) is 13.1 Å². The van der Waals surface area contributed by atoms with Crippen molar-refractivity contribution in [1.29, 1.82) is 0 Å². The van der Waals surface area contributed by atoms with Crippen LogP contribution in [0, 0.1) is 0 Å². The lowest BCUT2D eigenvalue weighted by molar-refractivity contribution is -0.176. The van der Waals surface area contributed by atoms with E-state index < -0.39 is 24.8 Å². The molecule has 0 atom stereocenters. The number of urea groups is 1. The number of carbonyl (C=O) groups is 2. The molecule has 2 aromatic rings. The fourth-order valence-electron chi connectivity index (χ4n) is 2.31. The summed E-state index contributed by atoms with van der Waals surface area (Å²) in [5, 5.41) is 14.1. The minimum atomic E-state index is -4.37. The van der Waals surface area contributed by atoms with E-state index in [-0.39, 0.29) is 25.3 Å². The van der Waals surface area contributed by atoms with Gasteiger partial charge < -0.3 is 20.5 Å². The highest BCUT2D eigenvalue weighted by Gasteiger charge is 2.27. The molecule has 0 aliphatic rings. The average molecular weight is 396 g/mol. The molecule has 0 unspecified atom stereocenters. The van der Waals surface area contributed by atoms with Crippen LogP contribution in [0.15, 0.2) is 48.5 Å². The van der Waals surface area contributed by atoms with E-state index in [4.69, 9.17) is 5.11 Å². The molecule has 3 N–H and O–H groups in total. The van der Waals surface area contributed by atoms with Crippen molar-refractivity contribution in [3.8, 4) is 0 Å². The molecule has 2 amide bonds. The van der Waals surface area contributed by atoms with Crippen LogP contribution in [-0.2, 0) is 24.4 Å².